The number of hydrogen-bond donors (Lipinski definition) is 1. The maximum atomic E-state index is 5.61. The molecule has 6 nitrogen and oxygen atoms in total. The third-order valence-electron chi connectivity index (χ3n) is 2.76. The van der Waals surface area contributed by atoms with Crippen molar-refractivity contribution in [1.29, 1.82) is 0 Å². The minimum atomic E-state index is 0.367. The van der Waals surface area contributed by atoms with Crippen molar-refractivity contribution < 1.29 is 13.9 Å². The van der Waals surface area contributed by atoms with Crippen molar-refractivity contribution in [2.45, 2.75) is 26.4 Å². The van der Waals surface area contributed by atoms with E-state index < -0.39 is 0 Å². The Morgan fingerprint density at radius 1 is 1.15 bits per heavy atom. The Bertz CT molecular complexity index is 567. The van der Waals surface area contributed by atoms with E-state index in [0.29, 0.717) is 35.9 Å². The average molecular weight is 277 g/mol. The third-order valence-corrected chi connectivity index (χ3v) is 2.76. The monoisotopic (exact) mass is 277 g/mol. The van der Waals surface area contributed by atoms with Crippen LogP contribution in [-0.4, -0.2) is 30.5 Å². The molecule has 20 heavy (non-hydrogen) atoms. The second-order valence-electron chi connectivity index (χ2n) is 4.61. The van der Waals surface area contributed by atoms with E-state index >= 15 is 0 Å². The smallest absolute Gasteiger partial charge is 0.247 e. The fourth-order valence-corrected chi connectivity index (χ4v) is 1.70. The van der Waals surface area contributed by atoms with Gasteiger partial charge in [-0.1, -0.05) is 13.8 Å². The zero-order chi connectivity index (χ0) is 14.5. The Balaban J connectivity index is 2.19. The number of rotatable bonds is 6. The van der Waals surface area contributed by atoms with Crippen LogP contribution in [0.4, 0.5) is 0 Å². The standard InChI is InChI=1S/C14H19N3O3/c1-9(2)15-8-13-16-17-14(20-13)10-5-6-11(18-3)12(7-10)19-4/h5-7,9,15H,8H2,1-4H3. The van der Waals surface area contributed by atoms with Crippen LogP contribution in [0.5, 0.6) is 11.5 Å². The maximum Gasteiger partial charge on any atom is 0.247 e. The molecule has 1 heterocycles. The molecule has 0 saturated carbocycles. The van der Waals surface area contributed by atoms with Gasteiger partial charge >= 0.3 is 0 Å². The fourth-order valence-electron chi connectivity index (χ4n) is 1.70. The van der Waals surface area contributed by atoms with Gasteiger partial charge in [0.2, 0.25) is 11.8 Å². The number of methoxy groups -OCH3 is 2. The molecule has 1 aromatic carbocycles. The highest BCUT2D eigenvalue weighted by molar-refractivity contribution is 5.59. The molecule has 0 fully saturated rings. The lowest BCUT2D eigenvalue weighted by atomic mass is 10.2. The predicted octanol–water partition coefficient (Wildman–Crippen LogP) is 2.25. The predicted molar refractivity (Wildman–Crippen MR) is 74.8 cm³/mol. The molecule has 0 aliphatic rings. The summed E-state index contributed by atoms with van der Waals surface area (Å²) in [7, 11) is 3.19. The molecule has 108 valence electrons. The van der Waals surface area contributed by atoms with Crippen molar-refractivity contribution >= 4 is 0 Å². The Labute approximate surface area is 118 Å². The summed E-state index contributed by atoms with van der Waals surface area (Å²) in [4.78, 5) is 0. The van der Waals surface area contributed by atoms with Crippen LogP contribution < -0.4 is 14.8 Å². The van der Waals surface area contributed by atoms with Crippen LogP contribution in [0.15, 0.2) is 22.6 Å². The lowest BCUT2D eigenvalue weighted by Crippen LogP contribution is -2.21. The van der Waals surface area contributed by atoms with E-state index in [2.05, 4.69) is 29.4 Å². The van der Waals surface area contributed by atoms with Gasteiger partial charge in [0.25, 0.3) is 0 Å². The molecule has 1 N–H and O–H groups in total. The van der Waals surface area contributed by atoms with E-state index in [1.54, 1.807) is 14.2 Å². The van der Waals surface area contributed by atoms with E-state index in [4.69, 9.17) is 13.9 Å². The van der Waals surface area contributed by atoms with Crippen LogP contribution in [-0.2, 0) is 6.54 Å². The molecule has 0 atom stereocenters. The average Bonchev–Trinajstić information content (AvgIpc) is 2.93. The number of nitrogens with one attached hydrogen (secondary N) is 1. The summed E-state index contributed by atoms with van der Waals surface area (Å²) in [6.07, 6.45) is 0. The van der Waals surface area contributed by atoms with Gasteiger partial charge in [-0.25, -0.2) is 0 Å². The lowest BCUT2D eigenvalue weighted by molar-refractivity contribution is 0.355. The zero-order valence-corrected chi connectivity index (χ0v) is 12.1. The second-order valence-corrected chi connectivity index (χ2v) is 4.61. The lowest BCUT2D eigenvalue weighted by Gasteiger charge is -2.07. The van der Waals surface area contributed by atoms with Crippen molar-refractivity contribution in [3.8, 4) is 23.0 Å². The van der Waals surface area contributed by atoms with E-state index in [9.17, 15) is 0 Å². The van der Waals surface area contributed by atoms with Gasteiger partial charge in [-0.3, -0.25) is 0 Å². The van der Waals surface area contributed by atoms with Gasteiger partial charge in [0, 0.05) is 11.6 Å². The quantitative estimate of drug-likeness (QED) is 0.873. The third kappa shape index (κ3) is 3.27. The highest BCUT2D eigenvalue weighted by atomic mass is 16.5. The first-order valence-electron chi connectivity index (χ1n) is 6.42. The summed E-state index contributed by atoms with van der Waals surface area (Å²) >= 11 is 0. The molecule has 6 heteroatoms. The summed E-state index contributed by atoms with van der Waals surface area (Å²) in [6, 6.07) is 5.84. The summed E-state index contributed by atoms with van der Waals surface area (Å²) in [5, 5.41) is 11.3. The molecule has 0 amide bonds. The zero-order valence-electron chi connectivity index (χ0n) is 12.1. The van der Waals surface area contributed by atoms with Crippen LogP contribution in [0, 0.1) is 0 Å². The molecule has 0 bridgehead atoms. The first kappa shape index (κ1) is 14.3. The van der Waals surface area contributed by atoms with Crippen molar-refractivity contribution in [3.05, 3.63) is 24.1 Å². The van der Waals surface area contributed by atoms with Gasteiger partial charge in [0.05, 0.1) is 20.8 Å². The highest BCUT2D eigenvalue weighted by Crippen LogP contribution is 2.31. The van der Waals surface area contributed by atoms with Crippen molar-refractivity contribution in [3.63, 3.8) is 0 Å². The molecule has 0 saturated heterocycles. The molecule has 0 unspecified atom stereocenters. The van der Waals surface area contributed by atoms with Crippen LogP contribution >= 0.6 is 0 Å². The van der Waals surface area contributed by atoms with Crippen LogP contribution in [0.1, 0.15) is 19.7 Å². The van der Waals surface area contributed by atoms with Gasteiger partial charge in [-0.2, -0.15) is 0 Å². The van der Waals surface area contributed by atoms with Crippen molar-refractivity contribution in [1.82, 2.24) is 15.5 Å². The largest absolute Gasteiger partial charge is 0.493 e. The second kappa shape index (κ2) is 6.38. The minimum absolute atomic E-state index is 0.367. The molecule has 1 aromatic heterocycles. The Morgan fingerprint density at radius 3 is 2.55 bits per heavy atom. The Hall–Kier alpha value is -2.08. The van der Waals surface area contributed by atoms with Gasteiger partial charge in [-0.05, 0) is 18.2 Å². The van der Waals surface area contributed by atoms with E-state index in [1.807, 2.05) is 18.2 Å². The Kier molecular flexibility index (Phi) is 4.57. The molecule has 0 radical (unpaired) electrons. The highest BCUT2D eigenvalue weighted by Gasteiger charge is 2.12. The minimum Gasteiger partial charge on any atom is -0.493 e. The van der Waals surface area contributed by atoms with Crippen molar-refractivity contribution in [2.75, 3.05) is 14.2 Å². The summed E-state index contributed by atoms with van der Waals surface area (Å²) in [5.74, 6) is 2.32. The summed E-state index contributed by atoms with van der Waals surface area (Å²) < 4.78 is 16.1. The van der Waals surface area contributed by atoms with E-state index in [0.717, 1.165) is 5.56 Å². The van der Waals surface area contributed by atoms with E-state index in [1.165, 1.54) is 0 Å². The molecule has 2 rings (SSSR count). The van der Waals surface area contributed by atoms with E-state index in [-0.39, 0.29) is 0 Å². The molecule has 0 aliphatic carbocycles. The topological polar surface area (TPSA) is 69.4 Å². The molecule has 0 spiro atoms. The first-order valence-corrected chi connectivity index (χ1v) is 6.42. The van der Waals surface area contributed by atoms with Crippen molar-refractivity contribution in [2.24, 2.45) is 0 Å². The van der Waals surface area contributed by atoms with Gasteiger partial charge in [0.15, 0.2) is 11.5 Å². The summed E-state index contributed by atoms with van der Waals surface area (Å²) in [5.41, 5.74) is 0.797. The van der Waals surface area contributed by atoms with Crippen LogP contribution in [0.2, 0.25) is 0 Å². The Morgan fingerprint density at radius 2 is 1.90 bits per heavy atom. The maximum absolute atomic E-state index is 5.61. The SMILES string of the molecule is COc1ccc(-c2nnc(CNC(C)C)o2)cc1OC. The molecular weight excluding hydrogens is 258 g/mol. The van der Waals surface area contributed by atoms with Gasteiger partial charge in [0.1, 0.15) is 0 Å². The summed E-state index contributed by atoms with van der Waals surface area (Å²) in [6.45, 7) is 4.68. The fraction of sp³-hybridized carbons (Fsp3) is 0.429. The number of ether oxygens (including phenoxy) is 2. The van der Waals surface area contributed by atoms with Crippen LogP contribution in [0.3, 0.4) is 0 Å². The molecule has 2 aromatic rings. The number of aromatic nitrogens is 2. The van der Waals surface area contributed by atoms with Gasteiger partial charge in [-0.15, -0.1) is 10.2 Å². The number of benzene rings is 1. The number of nitrogens with zero attached hydrogens (tertiary/aromatic N) is 2. The molecule has 0 aliphatic heterocycles. The van der Waals surface area contributed by atoms with Crippen LogP contribution in [0.25, 0.3) is 11.5 Å². The van der Waals surface area contributed by atoms with Gasteiger partial charge < -0.3 is 19.2 Å². The first-order chi connectivity index (χ1) is 9.63. The molecular formula is C14H19N3O3. The number of hydrogen-bond acceptors (Lipinski definition) is 6. The normalized spacial score (nSPS) is 10.8.